The van der Waals surface area contributed by atoms with Crippen LogP contribution in [0.25, 0.3) is 0 Å². The molecule has 0 saturated heterocycles. The molecule has 2 rings (SSSR count). The van der Waals surface area contributed by atoms with Crippen LogP contribution in [0.4, 0.5) is 5.69 Å². The number of hydrogen-bond acceptors (Lipinski definition) is 2. The van der Waals surface area contributed by atoms with Crippen LogP contribution in [0.1, 0.15) is 35.2 Å². The Kier molecular flexibility index (Phi) is 5.03. The van der Waals surface area contributed by atoms with Crippen molar-refractivity contribution in [3.05, 3.63) is 64.7 Å². The molecule has 0 spiro atoms. The van der Waals surface area contributed by atoms with Crippen molar-refractivity contribution in [1.82, 2.24) is 0 Å². The molecule has 0 aliphatic carbocycles. The van der Waals surface area contributed by atoms with Gasteiger partial charge in [-0.15, -0.1) is 0 Å². The van der Waals surface area contributed by atoms with Crippen molar-refractivity contribution in [3.63, 3.8) is 0 Å². The largest absolute Gasteiger partial charge is 0.363 e. The quantitative estimate of drug-likeness (QED) is 0.893. The molecule has 2 N–H and O–H groups in total. The summed E-state index contributed by atoms with van der Waals surface area (Å²) in [6.07, 6.45) is 0. The Morgan fingerprint density at radius 3 is 2.14 bits per heavy atom. The predicted molar refractivity (Wildman–Crippen MR) is 91.9 cm³/mol. The average Bonchev–Trinajstić information content (AvgIpc) is 2.44. The minimum absolute atomic E-state index is 0.217. The molecule has 0 aromatic heterocycles. The van der Waals surface area contributed by atoms with Crippen LogP contribution in [0.5, 0.6) is 0 Å². The molecule has 1 unspecified atom stereocenters. The van der Waals surface area contributed by atoms with Crippen LogP contribution in [0.2, 0.25) is 0 Å². The van der Waals surface area contributed by atoms with Crippen molar-refractivity contribution in [3.8, 4) is 0 Å². The van der Waals surface area contributed by atoms with Gasteiger partial charge in [-0.3, -0.25) is 0 Å². The van der Waals surface area contributed by atoms with E-state index in [2.05, 4.69) is 75.1 Å². The number of nitrogens with zero attached hydrogens (tertiary/aromatic N) is 1. The molecule has 21 heavy (non-hydrogen) atoms. The molecule has 1 atom stereocenters. The second-order valence-electron chi connectivity index (χ2n) is 5.75. The highest BCUT2D eigenvalue weighted by Gasteiger charge is 2.19. The highest BCUT2D eigenvalue weighted by Crippen LogP contribution is 2.29. The van der Waals surface area contributed by atoms with Gasteiger partial charge in [-0.25, -0.2) is 0 Å². The summed E-state index contributed by atoms with van der Waals surface area (Å²) in [7, 11) is 0. The van der Waals surface area contributed by atoms with E-state index in [0.717, 1.165) is 6.54 Å². The minimum atomic E-state index is 0.217. The summed E-state index contributed by atoms with van der Waals surface area (Å²) >= 11 is 0. The second kappa shape index (κ2) is 6.77. The Hall–Kier alpha value is -1.80. The number of benzene rings is 2. The van der Waals surface area contributed by atoms with E-state index in [1.54, 1.807) is 0 Å². The Morgan fingerprint density at radius 1 is 1.00 bits per heavy atom. The van der Waals surface area contributed by atoms with Gasteiger partial charge < -0.3 is 10.6 Å². The van der Waals surface area contributed by atoms with Gasteiger partial charge in [-0.1, -0.05) is 47.5 Å². The molecule has 0 radical (unpaired) electrons. The molecule has 2 aromatic rings. The van der Waals surface area contributed by atoms with Gasteiger partial charge in [-0.2, -0.15) is 0 Å². The fourth-order valence-electron chi connectivity index (χ4n) is 3.09. The van der Waals surface area contributed by atoms with Gasteiger partial charge >= 0.3 is 0 Å². The molecule has 0 saturated carbocycles. The lowest BCUT2D eigenvalue weighted by molar-refractivity contribution is 0.641. The number of nitrogens with two attached hydrogens (primary N) is 1. The summed E-state index contributed by atoms with van der Waals surface area (Å²) in [5, 5.41) is 0. The summed E-state index contributed by atoms with van der Waals surface area (Å²) < 4.78 is 0. The van der Waals surface area contributed by atoms with Crippen molar-refractivity contribution < 1.29 is 0 Å². The molecular weight excluding hydrogens is 256 g/mol. The average molecular weight is 282 g/mol. The van der Waals surface area contributed by atoms with E-state index in [1.165, 1.54) is 27.9 Å². The van der Waals surface area contributed by atoms with Crippen LogP contribution in [0, 0.1) is 20.8 Å². The number of rotatable bonds is 5. The van der Waals surface area contributed by atoms with Crippen LogP contribution in [-0.4, -0.2) is 13.1 Å². The van der Waals surface area contributed by atoms with E-state index < -0.39 is 0 Å². The van der Waals surface area contributed by atoms with Gasteiger partial charge in [0.15, 0.2) is 0 Å². The Balaban J connectivity index is 2.45. The highest BCUT2D eigenvalue weighted by molar-refractivity contribution is 5.55. The summed E-state index contributed by atoms with van der Waals surface area (Å²) in [5.41, 5.74) is 12.6. The zero-order valence-electron chi connectivity index (χ0n) is 13.6. The van der Waals surface area contributed by atoms with Crippen LogP contribution in [0.3, 0.4) is 0 Å². The van der Waals surface area contributed by atoms with Crippen LogP contribution < -0.4 is 10.6 Å². The molecule has 0 fully saturated rings. The molecule has 0 aliphatic heterocycles. The number of hydrogen-bond donors (Lipinski definition) is 1. The first-order valence-electron chi connectivity index (χ1n) is 7.67. The van der Waals surface area contributed by atoms with Gasteiger partial charge in [0, 0.05) is 18.8 Å². The van der Waals surface area contributed by atoms with E-state index >= 15 is 0 Å². The van der Waals surface area contributed by atoms with E-state index in [1.807, 2.05) is 0 Å². The molecule has 0 bridgehead atoms. The topological polar surface area (TPSA) is 29.3 Å². The molecule has 2 nitrogen and oxygen atoms in total. The normalized spacial score (nSPS) is 12.2. The Labute approximate surface area is 128 Å². The third-order valence-corrected chi connectivity index (χ3v) is 3.99. The zero-order chi connectivity index (χ0) is 15.4. The van der Waals surface area contributed by atoms with E-state index in [-0.39, 0.29) is 6.04 Å². The highest BCUT2D eigenvalue weighted by atomic mass is 15.2. The van der Waals surface area contributed by atoms with Gasteiger partial charge in [-0.05, 0) is 44.9 Å². The first kappa shape index (κ1) is 15.6. The van der Waals surface area contributed by atoms with Crippen molar-refractivity contribution in [1.29, 1.82) is 0 Å². The first-order chi connectivity index (χ1) is 10.1. The van der Waals surface area contributed by atoms with Gasteiger partial charge in [0.1, 0.15) is 0 Å². The maximum atomic E-state index is 6.13. The predicted octanol–water partition coefficient (Wildman–Crippen LogP) is 4.14. The number of likely N-dealkylation sites (N-methyl/N-ethyl adjacent to an activating group) is 1. The molecule has 2 aromatic carbocycles. The summed E-state index contributed by atoms with van der Waals surface area (Å²) in [4.78, 5) is 2.41. The lowest BCUT2D eigenvalue weighted by atomic mass is 9.99. The number of anilines is 1. The van der Waals surface area contributed by atoms with Crippen molar-refractivity contribution >= 4 is 5.69 Å². The SMILES string of the molecule is CCN(c1ccccc1C)C(CN)c1cc(C)cc(C)c1. The maximum Gasteiger partial charge on any atom is 0.0664 e. The molecule has 2 heteroatoms. The van der Waals surface area contributed by atoms with Crippen LogP contribution in [0.15, 0.2) is 42.5 Å². The summed E-state index contributed by atoms with van der Waals surface area (Å²) in [6.45, 7) is 10.2. The van der Waals surface area contributed by atoms with Crippen molar-refractivity contribution in [2.45, 2.75) is 33.7 Å². The summed E-state index contributed by atoms with van der Waals surface area (Å²) in [6, 6.07) is 15.5. The van der Waals surface area contributed by atoms with Gasteiger partial charge in [0.25, 0.3) is 0 Å². The molecule has 0 aliphatic rings. The number of aryl methyl sites for hydroxylation is 3. The smallest absolute Gasteiger partial charge is 0.0664 e. The van der Waals surface area contributed by atoms with E-state index in [0.29, 0.717) is 6.54 Å². The zero-order valence-corrected chi connectivity index (χ0v) is 13.6. The third kappa shape index (κ3) is 3.45. The van der Waals surface area contributed by atoms with Gasteiger partial charge in [0.2, 0.25) is 0 Å². The Bertz CT molecular complexity index is 584. The molecule has 0 amide bonds. The second-order valence-corrected chi connectivity index (χ2v) is 5.75. The standard InChI is InChI=1S/C19H26N2/c1-5-21(18-9-7-6-8-16(18)4)19(13-20)17-11-14(2)10-15(3)12-17/h6-12,19H,5,13,20H2,1-4H3. The van der Waals surface area contributed by atoms with Crippen molar-refractivity contribution in [2.24, 2.45) is 5.73 Å². The maximum absolute atomic E-state index is 6.13. The number of para-hydroxylation sites is 1. The molecule has 0 heterocycles. The minimum Gasteiger partial charge on any atom is -0.363 e. The molecule has 112 valence electrons. The van der Waals surface area contributed by atoms with Gasteiger partial charge in [0.05, 0.1) is 6.04 Å². The van der Waals surface area contributed by atoms with E-state index in [9.17, 15) is 0 Å². The van der Waals surface area contributed by atoms with E-state index in [4.69, 9.17) is 5.73 Å². The lowest BCUT2D eigenvalue weighted by Gasteiger charge is -2.34. The summed E-state index contributed by atoms with van der Waals surface area (Å²) in [5.74, 6) is 0. The third-order valence-electron chi connectivity index (χ3n) is 3.99. The van der Waals surface area contributed by atoms with Crippen LogP contribution in [-0.2, 0) is 0 Å². The molecular formula is C19H26N2. The Morgan fingerprint density at radius 2 is 1.62 bits per heavy atom. The fraction of sp³-hybridized carbons (Fsp3) is 0.368. The fourth-order valence-corrected chi connectivity index (χ4v) is 3.09. The lowest BCUT2D eigenvalue weighted by Crippen LogP contribution is -2.34. The monoisotopic (exact) mass is 282 g/mol. The van der Waals surface area contributed by atoms with Crippen LogP contribution >= 0.6 is 0 Å². The van der Waals surface area contributed by atoms with Crippen molar-refractivity contribution in [2.75, 3.05) is 18.0 Å². The first-order valence-corrected chi connectivity index (χ1v) is 7.67.